The summed E-state index contributed by atoms with van der Waals surface area (Å²) in [5.41, 5.74) is 0.276. The van der Waals surface area contributed by atoms with Gasteiger partial charge in [0.25, 0.3) is 0 Å². The number of likely N-dealkylation sites (N-methyl/N-ethyl adjacent to an activating group) is 1. The molecule has 0 aromatic heterocycles. The molecule has 6 heteroatoms. The topological polar surface area (TPSA) is 39.3 Å². The van der Waals surface area contributed by atoms with Gasteiger partial charge in [0, 0.05) is 13.1 Å². The van der Waals surface area contributed by atoms with Crippen LogP contribution in [0.15, 0.2) is 0 Å². The molecule has 4 nitrogen and oxygen atoms in total. The molecule has 1 unspecified atom stereocenters. The average molecular weight is 248 g/mol. The molecule has 0 saturated carbocycles. The highest BCUT2D eigenvalue weighted by atomic mass is 32.2. The van der Waals surface area contributed by atoms with Gasteiger partial charge in [-0.1, -0.05) is 0 Å². The Morgan fingerprint density at radius 3 is 3.00 bits per heavy atom. The zero-order chi connectivity index (χ0) is 11.1. The minimum Gasteiger partial charge on any atom is -0.361 e. The first-order chi connectivity index (χ1) is 7.18. The van der Waals surface area contributed by atoms with Crippen LogP contribution in [-0.2, 0) is 0 Å². The van der Waals surface area contributed by atoms with Crippen LogP contribution in [0.5, 0.6) is 0 Å². The molecule has 0 amide bonds. The van der Waals surface area contributed by atoms with E-state index in [1.807, 2.05) is 11.8 Å². The van der Waals surface area contributed by atoms with Gasteiger partial charge in [0.2, 0.25) is 0 Å². The van der Waals surface area contributed by atoms with Crippen molar-refractivity contribution in [1.82, 2.24) is 20.9 Å². The molecule has 1 heterocycles. The van der Waals surface area contributed by atoms with Crippen LogP contribution < -0.4 is 16.0 Å². The summed E-state index contributed by atoms with van der Waals surface area (Å²) in [5.74, 6) is 1.20. The smallest absolute Gasteiger partial charge is 0.168 e. The number of nitrogens with zero attached hydrogens (tertiary/aromatic N) is 1. The van der Waals surface area contributed by atoms with Crippen molar-refractivity contribution in [2.45, 2.75) is 11.9 Å². The molecule has 0 spiro atoms. The lowest BCUT2D eigenvalue weighted by atomic mass is 10.5. The standard InChI is InChI=1S/C9H20N4S2/c1-13(2)6-5-10-8(14)12-9-11-4-3-7-15-9/h9,11H,3-7H2,1-2H3,(H2,10,12,14). The Morgan fingerprint density at radius 2 is 2.40 bits per heavy atom. The maximum Gasteiger partial charge on any atom is 0.168 e. The van der Waals surface area contributed by atoms with Gasteiger partial charge in [0.15, 0.2) is 5.11 Å². The summed E-state index contributed by atoms with van der Waals surface area (Å²) in [5, 5.41) is 10.5. The van der Waals surface area contributed by atoms with Gasteiger partial charge in [-0.25, -0.2) is 0 Å². The normalized spacial score (nSPS) is 21.4. The van der Waals surface area contributed by atoms with Crippen LogP contribution in [0.1, 0.15) is 6.42 Å². The Hall–Kier alpha value is -0.0400. The van der Waals surface area contributed by atoms with Crippen molar-refractivity contribution < 1.29 is 0 Å². The van der Waals surface area contributed by atoms with E-state index in [2.05, 4.69) is 34.9 Å². The summed E-state index contributed by atoms with van der Waals surface area (Å²) in [6.07, 6.45) is 1.24. The van der Waals surface area contributed by atoms with E-state index >= 15 is 0 Å². The van der Waals surface area contributed by atoms with Gasteiger partial charge in [0.05, 0.1) is 0 Å². The highest BCUT2D eigenvalue weighted by Gasteiger charge is 2.12. The van der Waals surface area contributed by atoms with Crippen molar-refractivity contribution in [1.29, 1.82) is 0 Å². The number of nitrogens with one attached hydrogen (secondary N) is 3. The predicted octanol–water partition coefficient (Wildman–Crippen LogP) is 0.0222. The second kappa shape index (κ2) is 7.27. The first-order valence-electron chi connectivity index (χ1n) is 5.22. The largest absolute Gasteiger partial charge is 0.361 e. The third kappa shape index (κ3) is 6.19. The van der Waals surface area contributed by atoms with E-state index in [9.17, 15) is 0 Å². The second-order valence-corrected chi connectivity index (χ2v) is 5.38. The van der Waals surface area contributed by atoms with Crippen molar-refractivity contribution in [2.24, 2.45) is 0 Å². The molecule has 1 fully saturated rings. The number of thioether (sulfide) groups is 1. The van der Waals surface area contributed by atoms with E-state index in [1.54, 1.807) is 0 Å². The van der Waals surface area contributed by atoms with Gasteiger partial charge in [-0.3, -0.25) is 5.32 Å². The SMILES string of the molecule is CN(C)CCNC(=S)NC1NCCCS1. The molecule has 1 atom stereocenters. The number of hydrogen-bond donors (Lipinski definition) is 3. The second-order valence-electron chi connectivity index (χ2n) is 3.76. The summed E-state index contributed by atoms with van der Waals surface area (Å²) in [6, 6.07) is 0. The number of hydrogen-bond acceptors (Lipinski definition) is 4. The van der Waals surface area contributed by atoms with E-state index < -0.39 is 0 Å². The van der Waals surface area contributed by atoms with Gasteiger partial charge in [-0.2, -0.15) is 0 Å². The highest BCUT2D eigenvalue weighted by Crippen LogP contribution is 2.11. The van der Waals surface area contributed by atoms with Crippen LogP contribution in [0.2, 0.25) is 0 Å². The summed E-state index contributed by atoms with van der Waals surface area (Å²) < 4.78 is 0. The van der Waals surface area contributed by atoms with Gasteiger partial charge in [-0.05, 0) is 45.0 Å². The molecule has 15 heavy (non-hydrogen) atoms. The average Bonchev–Trinajstić information content (AvgIpc) is 2.18. The fourth-order valence-corrected chi connectivity index (χ4v) is 2.50. The van der Waals surface area contributed by atoms with E-state index in [1.165, 1.54) is 12.2 Å². The van der Waals surface area contributed by atoms with Crippen molar-refractivity contribution in [3.63, 3.8) is 0 Å². The van der Waals surface area contributed by atoms with E-state index in [0.717, 1.165) is 24.7 Å². The minimum atomic E-state index is 0.276. The molecular formula is C9H20N4S2. The first-order valence-corrected chi connectivity index (χ1v) is 6.68. The molecule has 1 rings (SSSR count). The Balaban J connectivity index is 2.06. The molecule has 1 aliphatic heterocycles. The monoisotopic (exact) mass is 248 g/mol. The van der Waals surface area contributed by atoms with Crippen molar-refractivity contribution in [2.75, 3.05) is 39.5 Å². The molecule has 0 aromatic rings. The van der Waals surface area contributed by atoms with Crippen LogP contribution in [0.25, 0.3) is 0 Å². The maximum absolute atomic E-state index is 5.19. The van der Waals surface area contributed by atoms with Gasteiger partial charge in [0.1, 0.15) is 5.50 Å². The Kier molecular flexibility index (Phi) is 6.31. The Morgan fingerprint density at radius 1 is 1.60 bits per heavy atom. The lowest BCUT2D eigenvalue weighted by Crippen LogP contribution is -2.50. The van der Waals surface area contributed by atoms with Crippen molar-refractivity contribution in [3.05, 3.63) is 0 Å². The summed E-state index contributed by atoms with van der Waals surface area (Å²) in [7, 11) is 4.10. The molecular weight excluding hydrogens is 228 g/mol. The fourth-order valence-electron chi connectivity index (χ4n) is 1.22. The molecule has 0 aromatic carbocycles. The third-order valence-corrected chi connectivity index (χ3v) is 3.45. The van der Waals surface area contributed by atoms with E-state index in [0.29, 0.717) is 0 Å². The van der Waals surface area contributed by atoms with Crippen LogP contribution >= 0.6 is 24.0 Å². The van der Waals surface area contributed by atoms with Crippen molar-refractivity contribution >= 4 is 29.1 Å². The lowest BCUT2D eigenvalue weighted by Gasteiger charge is -2.25. The van der Waals surface area contributed by atoms with Crippen LogP contribution in [0, 0.1) is 0 Å². The molecule has 3 N–H and O–H groups in total. The van der Waals surface area contributed by atoms with Gasteiger partial charge < -0.3 is 15.5 Å². The maximum atomic E-state index is 5.19. The van der Waals surface area contributed by atoms with Crippen LogP contribution in [0.3, 0.4) is 0 Å². The van der Waals surface area contributed by atoms with Crippen LogP contribution in [-0.4, -0.2) is 55.0 Å². The molecule has 0 bridgehead atoms. The molecule has 0 radical (unpaired) electrons. The molecule has 88 valence electrons. The highest BCUT2D eigenvalue weighted by molar-refractivity contribution is 7.99. The summed E-state index contributed by atoms with van der Waals surface area (Å²) in [4.78, 5) is 2.13. The first kappa shape index (κ1) is 13.0. The zero-order valence-corrected chi connectivity index (χ0v) is 11.0. The van der Waals surface area contributed by atoms with Crippen molar-refractivity contribution in [3.8, 4) is 0 Å². The predicted molar refractivity (Wildman–Crippen MR) is 71.2 cm³/mol. The van der Waals surface area contributed by atoms with Gasteiger partial charge in [-0.15, -0.1) is 11.8 Å². The van der Waals surface area contributed by atoms with Gasteiger partial charge >= 0.3 is 0 Å². The third-order valence-electron chi connectivity index (χ3n) is 2.04. The van der Waals surface area contributed by atoms with E-state index in [-0.39, 0.29) is 5.50 Å². The summed E-state index contributed by atoms with van der Waals surface area (Å²) in [6.45, 7) is 2.95. The lowest BCUT2D eigenvalue weighted by molar-refractivity contribution is 0.412. The molecule has 1 saturated heterocycles. The van der Waals surface area contributed by atoms with E-state index in [4.69, 9.17) is 12.2 Å². The summed E-state index contributed by atoms with van der Waals surface area (Å²) >= 11 is 7.06. The Bertz CT molecular complexity index is 193. The quantitative estimate of drug-likeness (QED) is 0.610. The zero-order valence-electron chi connectivity index (χ0n) is 9.38. The molecule has 1 aliphatic rings. The van der Waals surface area contributed by atoms with Crippen LogP contribution in [0.4, 0.5) is 0 Å². The number of thiocarbonyl (C=S) groups is 1. The fraction of sp³-hybridized carbons (Fsp3) is 0.889. The minimum absolute atomic E-state index is 0.276. The molecule has 0 aliphatic carbocycles. The Labute approximate surface area is 102 Å². The number of rotatable bonds is 4.